The maximum atomic E-state index is 11.2. The Morgan fingerprint density at radius 2 is 1.36 bits per heavy atom. The van der Waals surface area contributed by atoms with Gasteiger partial charge in [0.1, 0.15) is 0 Å². The minimum absolute atomic E-state index is 0.0654. The van der Waals surface area contributed by atoms with Gasteiger partial charge < -0.3 is 14.2 Å². The number of hydrogen-bond acceptors (Lipinski definition) is 6. The molecule has 0 saturated carbocycles. The molecule has 6 nitrogen and oxygen atoms in total. The first-order chi connectivity index (χ1) is 17.0. The van der Waals surface area contributed by atoms with Crippen molar-refractivity contribution in [1.29, 1.82) is 0 Å². The molecule has 0 fully saturated rings. The molecule has 0 aliphatic heterocycles. The number of allylic oxidation sites excluding steroid dienone is 8. The molecule has 2 rings (SSSR count). The highest BCUT2D eigenvalue weighted by atomic mass is 16.5. The summed E-state index contributed by atoms with van der Waals surface area (Å²) in [6.07, 6.45) is 20.4. The number of ether oxygens (including phenoxy) is 3. The molecule has 6 heteroatoms. The molecule has 0 radical (unpaired) electrons. The third kappa shape index (κ3) is 20.0. The van der Waals surface area contributed by atoms with E-state index in [1.165, 1.54) is 21.3 Å². The van der Waals surface area contributed by atoms with Gasteiger partial charge in [-0.1, -0.05) is 81.5 Å². The van der Waals surface area contributed by atoms with E-state index >= 15 is 0 Å². The second-order valence-electron chi connectivity index (χ2n) is 7.99. The standard InChI is InChI=1S/C9H14O2.C8H12O2.C5H8O2.2C4H6/c1-9(8(10)11-2)6-4-3-5-7-9;1-10-8(9)7-5-3-2-4-6-7;1-4(2)5(6)7-3;2*1-3-4-2/h3-4H,5-7H2,1-2H3;2-3,7H,4-6H2,1H3;1H2,2-3H3;2*3-4H,1-2H2. The van der Waals surface area contributed by atoms with Crippen molar-refractivity contribution in [3.8, 4) is 0 Å². The summed E-state index contributed by atoms with van der Waals surface area (Å²) in [6.45, 7) is 20.4. The third-order valence-corrected chi connectivity index (χ3v) is 4.95. The van der Waals surface area contributed by atoms with Crippen LogP contribution < -0.4 is 0 Å². The molecule has 0 aromatic rings. The Morgan fingerprint density at radius 1 is 0.833 bits per heavy atom. The van der Waals surface area contributed by atoms with Gasteiger partial charge in [0, 0.05) is 5.57 Å². The summed E-state index contributed by atoms with van der Waals surface area (Å²) in [5.74, 6) is -0.374. The Hall–Kier alpha value is -3.41. The summed E-state index contributed by atoms with van der Waals surface area (Å²) in [4.78, 5) is 32.3. The van der Waals surface area contributed by atoms with Gasteiger partial charge in [0.05, 0.1) is 32.7 Å². The maximum absolute atomic E-state index is 11.2. The molecule has 0 N–H and O–H groups in total. The monoisotopic (exact) mass is 502 g/mol. The van der Waals surface area contributed by atoms with Gasteiger partial charge in [0.2, 0.25) is 0 Å². The highest BCUT2D eigenvalue weighted by Gasteiger charge is 2.33. The normalized spacial score (nSPS) is 18.5. The summed E-state index contributed by atoms with van der Waals surface area (Å²) in [5.41, 5.74) is 0.172. The molecular formula is C30H46O6. The highest BCUT2D eigenvalue weighted by molar-refractivity contribution is 5.86. The number of carbonyl (C=O) groups is 3. The summed E-state index contributed by atoms with van der Waals surface area (Å²) in [5, 5.41) is 0. The number of hydrogen-bond donors (Lipinski definition) is 0. The van der Waals surface area contributed by atoms with Crippen molar-refractivity contribution >= 4 is 17.9 Å². The lowest BCUT2D eigenvalue weighted by Gasteiger charge is -2.27. The Kier molecular flexibility index (Phi) is 25.5. The number of rotatable bonds is 5. The number of methoxy groups -OCH3 is 3. The van der Waals surface area contributed by atoms with E-state index in [9.17, 15) is 14.4 Å². The van der Waals surface area contributed by atoms with E-state index < -0.39 is 0 Å². The van der Waals surface area contributed by atoms with Gasteiger partial charge in [-0.2, -0.15) is 0 Å². The molecule has 0 bridgehead atoms. The van der Waals surface area contributed by atoms with E-state index in [-0.39, 0.29) is 29.2 Å². The van der Waals surface area contributed by atoms with E-state index in [1.54, 1.807) is 31.2 Å². The van der Waals surface area contributed by atoms with Crippen molar-refractivity contribution in [2.45, 2.75) is 52.4 Å². The molecule has 0 heterocycles. The first-order valence-corrected chi connectivity index (χ1v) is 11.7. The van der Waals surface area contributed by atoms with Crippen LogP contribution in [0.2, 0.25) is 0 Å². The Bertz CT molecular complexity index is 735. The van der Waals surface area contributed by atoms with E-state index in [2.05, 4.69) is 60.6 Å². The molecule has 0 aromatic carbocycles. The van der Waals surface area contributed by atoms with Crippen molar-refractivity contribution in [3.05, 3.63) is 87.1 Å². The molecule has 0 aromatic heterocycles. The SMILES string of the molecule is C=C(C)C(=O)OC.C=CC=C.C=CC=C.COC(=O)C1(C)CC=CCC1.COC(=O)C1CC=CCC1. The predicted octanol–water partition coefficient (Wildman–Crippen LogP) is 6.87. The minimum Gasteiger partial charge on any atom is -0.469 e. The molecule has 2 aliphatic rings. The molecule has 2 unspecified atom stereocenters. The van der Waals surface area contributed by atoms with Gasteiger partial charge in [-0.05, 0) is 52.4 Å². The summed E-state index contributed by atoms with van der Waals surface area (Å²) < 4.78 is 13.6. The van der Waals surface area contributed by atoms with Gasteiger partial charge in [-0.15, -0.1) is 0 Å². The number of esters is 3. The van der Waals surface area contributed by atoms with Gasteiger partial charge >= 0.3 is 17.9 Å². The van der Waals surface area contributed by atoms with Gasteiger partial charge in [-0.3, -0.25) is 9.59 Å². The Balaban J connectivity index is -0.000000402. The van der Waals surface area contributed by atoms with E-state index in [1.807, 2.05) is 13.0 Å². The summed E-state index contributed by atoms with van der Waals surface area (Å²) in [7, 11) is 4.23. The van der Waals surface area contributed by atoms with Crippen LogP contribution in [0.3, 0.4) is 0 Å². The molecule has 36 heavy (non-hydrogen) atoms. The fraction of sp³-hybridized carbons (Fsp3) is 0.433. The van der Waals surface area contributed by atoms with Crippen LogP contribution in [0.15, 0.2) is 87.1 Å². The third-order valence-electron chi connectivity index (χ3n) is 4.95. The quantitative estimate of drug-likeness (QED) is 0.134. The summed E-state index contributed by atoms with van der Waals surface area (Å²) in [6, 6.07) is 0. The van der Waals surface area contributed by atoms with Crippen LogP contribution in [0.25, 0.3) is 0 Å². The topological polar surface area (TPSA) is 78.9 Å². The minimum atomic E-state index is -0.347. The molecule has 0 saturated heterocycles. The molecule has 2 aliphatic carbocycles. The molecular weight excluding hydrogens is 456 g/mol. The Morgan fingerprint density at radius 3 is 1.64 bits per heavy atom. The average Bonchev–Trinajstić information content (AvgIpc) is 2.93. The van der Waals surface area contributed by atoms with Crippen molar-refractivity contribution in [2.75, 3.05) is 21.3 Å². The van der Waals surface area contributed by atoms with Crippen LogP contribution >= 0.6 is 0 Å². The van der Waals surface area contributed by atoms with Crippen LogP contribution in [0.4, 0.5) is 0 Å². The van der Waals surface area contributed by atoms with Crippen LogP contribution in [0.5, 0.6) is 0 Å². The van der Waals surface area contributed by atoms with Crippen molar-refractivity contribution in [3.63, 3.8) is 0 Å². The summed E-state index contributed by atoms with van der Waals surface area (Å²) >= 11 is 0. The van der Waals surface area contributed by atoms with Crippen molar-refractivity contribution in [1.82, 2.24) is 0 Å². The Labute approximate surface area is 218 Å². The van der Waals surface area contributed by atoms with Crippen LogP contribution in [-0.2, 0) is 28.6 Å². The second-order valence-corrected chi connectivity index (χ2v) is 7.99. The molecule has 2 atom stereocenters. The van der Waals surface area contributed by atoms with E-state index in [4.69, 9.17) is 4.74 Å². The van der Waals surface area contributed by atoms with Crippen molar-refractivity contribution < 1.29 is 28.6 Å². The zero-order valence-corrected chi connectivity index (χ0v) is 22.9. The maximum Gasteiger partial charge on any atom is 0.332 e. The zero-order valence-electron chi connectivity index (χ0n) is 22.9. The van der Waals surface area contributed by atoms with Crippen LogP contribution in [0, 0.1) is 11.3 Å². The smallest absolute Gasteiger partial charge is 0.332 e. The first kappa shape index (κ1) is 37.1. The van der Waals surface area contributed by atoms with E-state index in [0.717, 1.165) is 38.5 Å². The van der Waals surface area contributed by atoms with E-state index in [0.29, 0.717) is 5.57 Å². The van der Waals surface area contributed by atoms with Gasteiger partial charge in [-0.25, -0.2) is 4.79 Å². The van der Waals surface area contributed by atoms with Gasteiger partial charge in [0.15, 0.2) is 0 Å². The van der Waals surface area contributed by atoms with Crippen molar-refractivity contribution in [2.24, 2.45) is 11.3 Å². The zero-order chi connectivity index (χ0) is 28.4. The van der Waals surface area contributed by atoms with Crippen LogP contribution in [-0.4, -0.2) is 39.2 Å². The lowest BCUT2D eigenvalue weighted by molar-refractivity contribution is -0.152. The highest BCUT2D eigenvalue weighted by Crippen LogP contribution is 2.32. The molecule has 0 amide bonds. The first-order valence-electron chi connectivity index (χ1n) is 11.7. The number of carbonyl (C=O) groups excluding carboxylic acids is 3. The fourth-order valence-corrected chi connectivity index (χ4v) is 2.75. The lowest BCUT2D eigenvalue weighted by atomic mass is 9.79. The average molecular weight is 503 g/mol. The molecule has 202 valence electrons. The van der Waals surface area contributed by atoms with Gasteiger partial charge in [0.25, 0.3) is 0 Å². The predicted molar refractivity (Wildman–Crippen MR) is 149 cm³/mol. The second kappa shape index (κ2) is 24.7. The largest absolute Gasteiger partial charge is 0.469 e. The van der Waals surface area contributed by atoms with Crippen LogP contribution in [0.1, 0.15) is 52.4 Å². The lowest BCUT2D eigenvalue weighted by Crippen LogP contribution is -2.29. The fourth-order valence-electron chi connectivity index (χ4n) is 2.75. The molecule has 0 spiro atoms.